The van der Waals surface area contributed by atoms with Gasteiger partial charge in [-0.25, -0.2) is 0 Å². The van der Waals surface area contributed by atoms with Crippen LogP contribution in [0.3, 0.4) is 0 Å². The van der Waals surface area contributed by atoms with Crippen molar-refractivity contribution in [2.75, 3.05) is 17.2 Å². The number of nitrogens with zero attached hydrogens (tertiary/aromatic N) is 4. The molecule has 0 amide bonds. The maximum atomic E-state index is 5.80. The van der Waals surface area contributed by atoms with Crippen LogP contribution in [0.15, 0.2) is 111 Å². The molecule has 0 fully saturated rings. The first-order valence-electron chi connectivity index (χ1n) is 14.6. The topological polar surface area (TPSA) is 82.7 Å². The lowest BCUT2D eigenvalue weighted by Gasteiger charge is -2.36. The molecule has 0 saturated carbocycles. The highest BCUT2D eigenvalue weighted by Gasteiger charge is 2.25. The highest BCUT2D eigenvalue weighted by molar-refractivity contribution is 6.09. The Balaban J connectivity index is 1.23. The van der Waals surface area contributed by atoms with E-state index in [9.17, 15) is 0 Å². The van der Waals surface area contributed by atoms with Crippen molar-refractivity contribution in [1.82, 2.24) is 0 Å². The van der Waals surface area contributed by atoms with E-state index in [1.54, 1.807) is 0 Å². The second-order valence-corrected chi connectivity index (χ2v) is 11.3. The zero-order chi connectivity index (χ0) is 29.1. The fourth-order valence-corrected chi connectivity index (χ4v) is 5.28. The van der Waals surface area contributed by atoms with E-state index in [4.69, 9.17) is 15.0 Å². The lowest BCUT2D eigenvalue weighted by atomic mass is 10.00. The lowest BCUT2D eigenvalue weighted by molar-refractivity contribution is 0.0659. The predicted octanol–water partition coefficient (Wildman–Crippen LogP) is 10.8. The molecule has 6 rings (SSSR count). The molecule has 1 unspecified atom stereocenters. The molecular weight excluding hydrogens is 520 g/mol. The van der Waals surface area contributed by atoms with Crippen LogP contribution in [0.1, 0.15) is 39.7 Å². The van der Waals surface area contributed by atoms with Crippen LogP contribution < -0.4 is 10.6 Å². The number of azo groups is 2. The molecule has 0 aromatic heterocycles. The molecule has 212 valence electrons. The van der Waals surface area contributed by atoms with Gasteiger partial charge in [0.2, 0.25) is 0 Å². The summed E-state index contributed by atoms with van der Waals surface area (Å²) in [7, 11) is 0. The normalized spacial score (nSPS) is 14.9. The summed E-state index contributed by atoms with van der Waals surface area (Å²) in [6, 6.07) is 30.5. The van der Waals surface area contributed by atoms with Gasteiger partial charge < -0.3 is 15.4 Å². The molecule has 0 spiro atoms. The minimum atomic E-state index is -0.228. The SMILES string of the molecule is CCC(C)OCCc1ccc(N=Nc2ccc(N=Nc3ccc4c5c(cccc35)NC(C)(C)N4)c3ccccc23)cc1. The summed E-state index contributed by atoms with van der Waals surface area (Å²) in [5.74, 6) is 0. The lowest BCUT2D eigenvalue weighted by Crippen LogP contribution is -2.41. The van der Waals surface area contributed by atoms with Gasteiger partial charge in [0.1, 0.15) is 5.66 Å². The summed E-state index contributed by atoms with van der Waals surface area (Å²) in [5, 5.41) is 29.8. The summed E-state index contributed by atoms with van der Waals surface area (Å²) >= 11 is 0. The molecule has 0 aliphatic carbocycles. The van der Waals surface area contributed by atoms with E-state index in [0.717, 1.165) is 75.1 Å². The second-order valence-electron chi connectivity index (χ2n) is 11.3. The molecule has 0 radical (unpaired) electrons. The number of hydrogen-bond acceptors (Lipinski definition) is 7. The van der Waals surface area contributed by atoms with Crippen LogP contribution in [-0.4, -0.2) is 18.4 Å². The number of hydrogen-bond donors (Lipinski definition) is 2. The first-order valence-corrected chi connectivity index (χ1v) is 14.6. The smallest absolute Gasteiger partial charge is 0.102 e. The van der Waals surface area contributed by atoms with E-state index in [0.29, 0.717) is 6.10 Å². The van der Waals surface area contributed by atoms with Crippen molar-refractivity contribution < 1.29 is 4.74 Å². The molecule has 7 nitrogen and oxygen atoms in total. The molecule has 2 N–H and O–H groups in total. The monoisotopic (exact) mass is 556 g/mol. The average Bonchev–Trinajstić information content (AvgIpc) is 3.00. The van der Waals surface area contributed by atoms with Gasteiger partial charge in [-0.3, -0.25) is 0 Å². The van der Waals surface area contributed by atoms with Crippen molar-refractivity contribution in [2.45, 2.75) is 52.3 Å². The zero-order valence-corrected chi connectivity index (χ0v) is 24.6. The number of ether oxygens (including phenoxy) is 1. The Bertz CT molecular complexity index is 1780. The van der Waals surface area contributed by atoms with Gasteiger partial charge in [0, 0.05) is 32.9 Å². The van der Waals surface area contributed by atoms with Gasteiger partial charge in [0.05, 0.1) is 35.5 Å². The molecule has 1 atom stereocenters. The van der Waals surface area contributed by atoms with Crippen molar-refractivity contribution in [3.05, 3.63) is 96.6 Å². The standard InChI is InChI=1S/C35H36N6O/c1-5-23(2)42-22-21-24-13-15-25(16-14-24)38-39-29-17-18-30(27-10-7-6-9-26(27)29)40-41-31-19-20-33-34-28(31)11-8-12-32(34)36-35(3,4)37-33/h6-20,23,36-37H,5,21-22H2,1-4H3. The zero-order valence-electron chi connectivity index (χ0n) is 24.6. The first-order chi connectivity index (χ1) is 20.4. The molecule has 0 saturated heterocycles. The van der Waals surface area contributed by atoms with E-state index in [2.05, 4.69) is 85.0 Å². The minimum absolute atomic E-state index is 0.228. The Kier molecular flexibility index (Phi) is 7.68. The maximum absolute atomic E-state index is 5.80. The van der Waals surface area contributed by atoms with Gasteiger partial charge >= 0.3 is 0 Å². The Labute approximate surface area is 246 Å². The number of fused-ring (bicyclic) bond motifs is 1. The highest BCUT2D eigenvalue weighted by Crippen LogP contribution is 2.42. The fourth-order valence-electron chi connectivity index (χ4n) is 5.28. The maximum Gasteiger partial charge on any atom is 0.102 e. The predicted molar refractivity (Wildman–Crippen MR) is 173 cm³/mol. The van der Waals surface area contributed by atoms with Gasteiger partial charge in [0.15, 0.2) is 0 Å². The van der Waals surface area contributed by atoms with E-state index >= 15 is 0 Å². The van der Waals surface area contributed by atoms with Crippen molar-refractivity contribution in [3.8, 4) is 0 Å². The Morgan fingerprint density at radius 1 is 0.667 bits per heavy atom. The molecule has 1 aliphatic heterocycles. The van der Waals surface area contributed by atoms with Crippen LogP contribution in [0.2, 0.25) is 0 Å². The number of anilines is 2. The van der Waals surface area contributed by atoms with Crippen molar-refractivity contribution in [3.63, 3.8) is 0 Å². The molecule has 5 aromatic carbocycles. The molecule has 1 aliphatic rings. The molecule has 0 bridgehead atoms. The van der Waals surface area contributed by atoms with Crippen molar-refractivity contribution >= 4 is 55.7 Å². The Morgan fingerprint density at radius 3 is 1.90 bits per heavy atom. The van der Waals surface area contributed by atoms with Gasteiger partial charge in [0.25, 0.3) is 0 Å². The fraction of sp³-hybridized carbons (Fsp3) is 0.257. The minimum Gasteiger partial charge on any atom is -0.378 e. The summed E-state index contributed by atoms with van der Waals surface area (Å²) in [6.45, 7) is 9.21. The third-order valence-corrected chi connectivity index (χ3v) is 7.63. The molecule has 1 heterocycles. The number of benzene rings is 5. The van der Waals surface area contributed by atoms with Crippen LogP contribution in [-0.2, 0) is 11.2 Å². The van der Waals surface area contributed by atoms with E-state index in [1.165, 1.54) is 5.56 Å². The van der Waals surface area contributed by atoms with Crippen LogP contribution in [0.25, 0.3) is 21.5 Å². The quantitative estimate of drug-likeness (QED) is 0.177. The van der Waals surface area contributed by atoms with E-state index in [-0.39, 0.29) is 5.66 Å². The molecular formula is C35H36N6O. The van der Waals surface area contributed by atoms with Crippen LogP contribution in [0.4, 0.5) is 34.1 Å². The van der Waals surface area contributed by atoms with Crippen LogP contribution >= 0.6 is 0 Å². The van der Waals surface area contributed by atoms with Crippen molar-refractivity contribution in [2.24, 2.45) is 20.5 Å². The number of nitrogens with one attached hydrogen (secondary N) is 2. The van der Waals surface area contributed by atoms with Crippen LogP contribution in [0, 0.1) is 0 Å². The summed E-state index contributed by atoms with van der Waals surface area (Å²) < 4.78 is 5.80. The van der Waals surface area contributed by atoms with Gasteiger partial charge in [-0.05, 0) is 81.6 Å². The van der Waals surface area contributed by atoms with Crippen molar-refractivity contribution in [1.29, 1.82) is 0 Å². The Hall–Kier alpha value is -4.62. The largest absolute Gasteiger partial charge is 0.378 e. The second kappa shape index (κ2) is 11.7. The summed E-state index contributed by atoms with van der Waals surface area (Å²) in [6.07, 6.45) is 2.20. The van der Waals surface area contributed by atoms with Crippen LogP contribution in [0.5, 0.6) is 0 Å². The summed E-state index contributed by atoms with van der Waals surface area (Å²) in [4.78, 5) is 0. The third kappa shape index (κ3) is 5.87. The average molecular weight is 557 g/mol. The number of rotatable bonds is 9. The van der Waals surface area contributed by atoms with Gasteiger partial charge in [-0.15, -0.1) is 15.3 Å². The molecule has 5 aromatic rings. The Morgan fingerprint density at radius 2 is 1.24 bits per heavy atom. The third-order valence-electron chi connectivity index (χ3n) is 7.63. The first kappa shape index (κ1) is 27.5. The van der Waals surface area contributed by atoms with Gasteiger partial charge in [-0.2, -0.15) is 5.11 Å². The highest BCUT2D eigenvalue weighted by atomic mass is 16.5. The molecule has 7 heteroatoms. The van der Waals surface area contributed by atoms with Gasteiger partial charge in [-0.1, -0.05) is 55.5 Å². The molecule has 42 heavy (non-hydrogen) atoms. The van der Waals surface area contributed by atoms with E-state index in [1.807, 2.05) is 54.6 Å². The summed E-state index contributed by atoms with van der Waals surface area (Å²) in [5.41, 5.74) is 6.38. The van der Waals surface area contributed by atoms with E-state index < -0.39 is 0 Å².